The lowest BCUT2D eigenvalue weighted by Gasteiger charge is -2.29. The Labute approximate surface area is 303 Å². The van der Waals surface area contributed by atoms with E-state index in [9.17, 15) is 19.5 Å². The quantitative estimate of drug-likeness (QED) is 0.0590. The molecule has 3 N–H and O–H groups in total. The minimum absolute atomic E-state index is 0.0236. The summed E-state index contributed by atoms with van der Waals surface area (Å²) in [6.45, 7) is 7.93. The molecule has 4 rings (SSSR count). The third-order valence-corrected chi connectivity index (χ3v) is 9.57. The lowest BCUT2D eigenvalue weighted by atomic mass is 9.94. The van der Waals surface area contributed by atoms with E-state index in [-0.39, 0.29) is 43.3 Å². The summed E-state index contributed by atoms with van der Waals surface area (Å²) in [5.74, 6) is -1.18. The van der Waals surface area contributed by atoms with Crippen molar-refractivity contribution in [3.63, 3.8) is 0 Å². The number of rotatable bonds is 22. The molecule has 3 aromatic carbocycles. The lowest BCUT2D eigenvalue weighted by Crippen LogP contribution is -2.50. The number of esters is 1. The molecule has 3 atom stereocenters. The standard InChI is InChI=1S/C43H54N2O6/c1-3-5-8-20-37(27-33-16-9-6-10-17-33)42(49)51-31-38(28-34-21-23-39(24-22-34)50-30-35-18-11-7-12-19-35)44-41(48)36(15-4-2)29-40(47)45-43(32-46)25-13-14-26-43/h3-4,6-7,9-12,16-19,21-24,36-38,46H,1-2,5,8,13-15,20,25-32H2,(H,44,48)(H,45,47)/t36-,37-,38+/m1/s1. The Balaban J connectivity index is 1.45. The molecule has 0 spiro atoms. The molecule has 1 saturated carbocycles. The molecule has 1 fully saturated rings. The van der Waals surface area contributed by atoms with Gasteiger partial charge in [0.1, 0.15) is 19.0 Å². The highest BCUT2D eigenvalue weighted by Crippen LogP contribution is 2.29. The van der Waals surface area contributed by atoms with Gasteiger partial charge in [-0.2, -0.15) is 0 Å². The van der Waals surface area contributed by atoms with Crippen LogP contribution < -0.4 is 15.4 Å². The second kappa shape index (κ2) is 20.9. The van der Waals surface area contributed by atoms with E-state index < -0.39 is 17.5 Å². The number of allylic oxidation sites excluding steroid dienone is 2. The molecule has 0 saturated heterocycles. The SMILES string of the molecule is C=CCCC[C@H](Cc1ccccc1)C(=O)OC[C@H](Cc1ccc(OCc2ccccc2)cc1)NC(=O)[C@H](CC=C)CC(=O)NC1(CO)CCCC1. The van der Waals surface area contributed by atoms with E-state index in [1.165, 1.54) is 0 Å². The first-order chi connectivity index (χ1) is 24.8. The van der Waals surface area contributed by atoms with Crippen molar-refractivity contribution in [2.75, 3.05) is 13.2 Å². The number of ether oxygens (including phenoxy) is 2. The van der Waals surface area contributed by atoms with E-state index in [4.69, 9.17) is 9.47 Å². The molecule has 1 aliphatic rings. The maximum absolute atomic E-state index is 13.8. The zero-order valence-corrected chi connectivity index (χ0v) is 29.8. The monoisotopic (exact) mass is 694 g/mol. The van der Waals surface area contributed by atoms with Crippen molar-refractivity contribution in [1.82, 2.24) is 10.6 Å². The topological polar surface area (TPSA) is 114 Å². The summed E-state index contributed by atoms with van der Waals surface area (Å²) in [4.78, 5) is 40.5. The minimum atomic E-state index is -0.670. The van der Waals surface area contributed by atoms with Gasteiger partial charge in [0, 0.05) is 6.42 Å². The number of unbranched alkanes of at least 4 members (excludes halogenated alkanes) is 1. The summed E-state index contributed by atoms with van der Waals surface area (Å²) < 4.78 is 11.9. The van der Waals surface area contributed by atoms with Gasteiger partial charge in [-0.3, -0.25) is 14.4 Å². The van der Waals surface area contributed by atoms with Crippen LogP contribution in [-0.4, -0.2) is 47.7 Å². The maximum Gasteiger partial charge on any atom is 0.309 e. The van der Waals surface area contributed by atoms with E-state index in [0.29, 0.717) is 32.3 Å². The van der Waals surface area contributed by atoms with Gasteiger partial charge in [-0.15, -0.1) is 13.2 Å². The van der Waals surface area contributed by atoms with Crippen LogP contribution in [0.1, 0.15) is 74.5 Å². The number of aliphatic hydroxyl groups is 1. The zero-order chi connectivity index (χ0) is 36.3. The van der Waals surface area contributed by atoms with E-state index in [2.05, 4.69) is 23.8 Å². The normalized spacial score (nSPS) is 15.2. The molecule has 0 unspecified atom stereocenters. The smallest absolute Gasteiger partial charge is 0.309 e. The second-order valence-corrected chi connectivity index (χ2v) is 13.7. The lowest BCUT2D eigenvalue weighted by molar-refractivity contribution is -0.150. The molecule has 0 heterocycles. The number of carbonyl (C=O) groups excluding carboxylic acids is 3. The van der Waals surface area contributed by atoms with Crippen LogP contribution in [0.4, 0.5) is 0 Å². The molecular formula is C43H54N2O6. The average Bonchev–Trinajstić information content (AvgIpc) is 3.62. The highest BCUT2D eigenvalue weighted by molar-refractivity contribution is 5.86. The summed E-state index contributed by atoms with van der Waals surface area (Å²) in [6.07, 6.45) is 10.3. The molecule has 2 amide bonds. The van der Waals surface area contributed by atoms with Gasteiger partial charge in [-0.05, 0) is 80.2 Å². The fraction of sp³-hybridized carbons (Fsp3) is 0.419. The molecule has 0 bridgehead atoms. The molecular weight excluding hydrogens is 640 g/mol. The van der Waals surface area contributed by atoms with E-state index in [1.54, 1.807) is 6.08 Å². The summed E-state index contributed by atoms with van der Waals surface area (Å²) in [5.41, 5.74) is 2.43. The Bertz CT molecular complexity index is 1520. The van der Waals surface area contributed by atoms with Gasteiger partial charge in [-0.25, -0.2) is 0 Å². The molecule has 51 heavy (non-hydrogen) atoms. The van der Waals surface area contributed by atoms with Crippen LogP contribution in [0.5, 0.6) is 5.75 Å². The van der Waals surface area contributed by atoms with Crippen LogP contribution in [0.2, 0.25) is 0 Å². The van der Waals surface area contributed by atoms with Crippen LogP contribution in [-0.2, 0) is 38.6 Å². The van der Waals surface area contributed by atoms with E-state index >= 15 is 0 Å². The van der Waals surface area contributed by atoms with Gasteiger partial charge in [0.05, 0.1) is 30.0 Å². The van der Waals surface area contributed by atoms with Crippen molar-refractivity contribution < 1.29 is 29.0 Å². The molecule has 0 radical (unpaired) electrons. The van der Waals surface area contributed by atoms with Crippen molar-refractivity contribution in [1.29, 1.82) is 0 Å². The van der Waals surface area contributed by atoms with Crippen LogP contribution >= 0.6 is 0 Å². The summed E-state index contributed by atoms with van der Waals surface area (Å²) >= 11 is 0. The minimum Gasteiger partial charge on any atom is -0.489 e. The maximum atomic E-state index is 13.8. The third kappa shape index (κ3) is 13.2. The summed E-state index contributed by atoms with van der Waals surface area (Å²) in [6, 6.07) is 27.0. The van der Waals surface area contributed by atoms with Crippen molar-refractivity contribution in [3.8, 4) is 5.75 Å². The van der Waals surface area contributed by atoms with Crippen molar-refractivity contribution in [2.45, 2.75) is 88.8 Å². The fourth-order valence-corrected chi connectivity index (χ4v) is 6.66. The van der Waals surface area contributed by atoms with Crippen LogP contribution in [0.3, 0.4) is 0 Å². The van der Waals surface area contributed by atoms with Crippen LogP contribution in [0.15, 0.2) is 110 Å². The zero-order valence-electron chi connectivity index (χ0n) is 29.8. The Kier molecular flexibility index (Phi) is 16.0. The molecule has 8 nitrogen and oxygen atoms in total. The first kappa shape index (κ1) is 39.1. The van der Waals surface area contributed by atoms with E-state index in [1.807, 2.05) is 91.0 Å². The first-order valence-corrected chi connectivity index (χ1v) is 18.2. The Hall–Kier alpha value is -4.69. The van der Waals surface area contributed by atoms with Crippen molar-refractivity contribution >= 4 is 17.8 Å². The Morgan fingerprint density at radius 1 is 0.824 bits per heavy atom. The van der Waals surface area contributed by atoms with Crippen molar-refractivity contribution in [2.24, 2.45) is 11.8 Å². The van der Waals surface area contributed by atoms with Crippen LogP contribution in [0.25, 0.3) is 0 Å². The van der Waals surface area contributed by atoms with Gasteiger partial charge in [0.2, 0.25) is 11.8 Å². The first-order valence-electron chi connectivity index (χ1n) is 18.2. The number of hydrogen-bond acceptors (Lipinski definition) is 6. The summed E-state index contributed by atoms with van der Waals surface area (Å²) in [7, 11) is 0. The van der Waals surface area contributed by atoms with Gasteiger partial charge in [-0.1, -0.05) is 97.8 Å². The Morgan fingerprint density at radius 3 is 2.10 bits per heavy atom. The van der Waals surface area contributed by atoms with Gasteiger partial charge in [0.25, 0.3) is 0 Å². The van der Waals surface area contributed by atoms with Crippen LogP contribution in [0, 0.1) is 11.8 Å². The molecule has 0 aliphatic heterocycles. The predicted molar refractivity (Wildman–Crippen MR) is 201 cm³/mol. The largest absolute Gasteiger partial charge is 0.489 e. The second-order valence-electron chi connectivity index (χ2n) is 13.7. The third-order valence-electron chi connectivity index (χ3n) is 9.57. The molecule has 8 heteroatoms. The number of aliphatic hydroxyl groups excluding tert-OH is 1. The average molecular weight is 695 g/mol. The number of benzene rings is 3. The molecule has 3 aromatic rings. The molecule has 272 valence electrons. The predicted octanol–water partition coefficient (Wildman–Crippen LogP) is 7.06. The van der Waals surface area contributed by atoms with E-state index in [0.717, 1.165) is 61.0 Å². The van der Waals surface area contributed by atoms with Gasteiger partial charge >= 0.3 is 5.97 Å². The number of hydrogen-bond donors (Lipinski definition) is 3. The number of nitrogens with one attached hydrogen (secondary N) is 2. The molecule has 1 aliphatic carbocycles. The Morgan fingerprint density at radius 2 is 1.47 bits per heavy atom. The van der Waals surface area contributed by atoms with Gasteiger partial charge in [0.15, 0.2) is 0 Å². The number of carbonyl (C=O) groups is 3. The summed E-state index contributed by atoms with van der Waals surface area (Å²) in [5, 5.41) is 16.1. The van der Waals surface area contributed by atoms with Crippen molar-refractivity contribution in [3.05, 3.63) is 127 Å². The number of amides is 2. The van der Waals surface area contributed by atoms with Gasteiger partial charge < -0.3 is 25.2 Å². The molecule has 0 aromatic heterocycles. The highest BCUT2D eigenvalue weighted by atomic mass is 16.5. The highest BCUT2D eigenvalue weighted by Gasteiger charge is 2.35. The fourth-order valence-electron chi connectivity index (χ4n) is 6.66.